The van der Waals surface area contributed by atoms with Crippen molar-refractivity contribution in [1.82, 2.24) is 5.10 Å². The van der Waals surface area contributed by atoms with Gasteiger partial charge in [-0.15, -0.1) is 9.78 Å². The summed E-state index contributed by atoms with van der Waals surface area (Å²) < 4.78 is 38.8. The van der Waals surface area contributed by atoms with Crippen molar-refractivity contribution < 1.29 is 17.9 Å². The van der Waals surface area contributed by atoms with Gasteiger partial charge in [0, 0.05) is 0 Å². The standard InChI is InChI=1S/C11H9ClF3N3/c12-9-10(6-1-3-7(13)4-2-6)18(5-8(14)15)17-11(9)16/h1-4,8H,5H2,(H2,16,17)/p+1. The Labute approximate surface area is 106 Å². The highest BCUT2D eigenvalue weighted by Gasteiger charge is 2.26. The number of benzene rings is 1. The topological polar surface area (TPSA) is 45.7 Å². The number of anilines is 1. The van der Waals surface area contributed by atoms with Gasteiger partial charge in [0.15, 0.2) is 10.8 Å². The number of hydrogen-bond acceptors (Lipinski definition) is 1. The minimum Gasteiger partial charge on any atom is -0.380 e. The number of aromatic amines is 1. The summed E-state index contributed by atoms with van der Waals surface area (Å²) in [6.07, 6.45) is -2.55. The van der Waals surface area contributed by atoms with Crippen molar-refractivity contribution >= 4 is 17.4 Å². The first-order valence-electron chi connectivity index (χ1n) is 5.10. The van der Waals surface area contributed by atoms with E-state index in [0.717, 1.165) is 4.68 Å². The number of alkyl halides is 2. The monoisotopic (exact) mass is 276 g/mol. The first-order chi connectivity index (χ1) is 8.49. The van der Waals surface area contributed by atoms with Gasteiger partial charge in [0.25, 0.3) is 12.1 Å². The van der Waals surface area contributed by atoms with Crippen molar-refractivity contribution in [2.45, 2.75) is 13.0 Å². The van der Waals surface area contributed by atoms with Crippen LogP contribution < -0.4 is 10.4 Å². The maximum absolute atomic E-state index is 12.8. The molecule has 0 radical (unpaired) electrons. The van der Waals surface area contributed by atoms with E-state index >= 15 is 0 Å². The Kier molecular flexibility index (Phi) is 3.47. The fraction of sp³-hybridized carbons (Fsp3) is 0.182. The smallest absolute Gasteiger partial charge is 0.298 e. The van der Waals surface area contributed by atoms with E-state index < -0.39 is 18.8 Å². The molecule has 0 bridgehead atoms. The Bertz CT molecular complexity index is 551. The molecule has 0 saturated carbocycles. The number of rotatable bonds is 3. The fourth-order valence-corrected chi connectivity index (χ4v) is 1.92. The van der Waals surface area contributed by atoms with E-state index in [9.17, 15) is 13.2 Å². The van der Waals surface area contributed by atoms with Crippen LogP contribution in [0.4, 0.5) is 19.0 Å². The molecule has 96 valence electrons. The van der Waals surface area contributed by atoms with Gasteiger partial charge in [0.1, 0.15) is 5.82 Å². The third-order valence-electron chi connectivity index (χ3n) is 2.41. The molecule has 0 fully saturated rings. The molecular formula is C11H10ClF3N3+. The van der Waals surface area contributed by atoms with Crippen molar-refractivity contribution in [1.29, 1.82) is 0 Å². The maximum Gasteiger partial charge on any atom is 0.298 e. The van der Waals surface area contributed by atoms with Gasteiger partial charge in [-0.1, -0.05) is 11.6 Å². The lowest BCUT2D eigenvalue weighted by Gasteiger charge is -1.98. The predicted molar refractivity (Wildman–Crippen MR) is 61.8 cm³/mol. The van der Waals surface area contributed by atoms with Crippen LogP contribution in [0.25, 0.3) is 11.3 Å². The van der Waals surface area contributed by atoms with Crippen LogP contribution in [0, 0.1) is 5.82 Å². The highest BCUT2D eigenvalue weighted by atomic mass is 35.5. The second kappa shape index (κ2) is 4.89. The molecule has 7 heteroatoms. The van der Waals surface area contributed by atoms with Crippen molar-refractivity contribution in [2.75, 3.05) is 5.73 Å². The summed E-state index contributed by atoms with van der Waals surface area (Å²) in [5, 5.41) is 2.69. The molecular weight excluding hydrogens is 267 g/mol. The van der Waals surface area contributed by atoms with Crippen LogP contribution in [-0.2, 0) is 6.54 Å². The van der Waals surface area contributed by atoms with Gasteiger partial charge >= 0.3 is 0 Å². The zero-order valence-electron chi connectivity index (χ0n) is 9.13. The number of halogens is 4. The molecule has 0 aliphatic heterocycles. The molecule has 0 unspecified atom stereocenters. The molecule has 18 heavy (non-hydrogen) atoms. The number of hydrogen-bond donors (Lipinski definition) is 2. The predicted octanol–water partition coefficient (Wildman–Crippen LogP) is 2.61. The highest BCUT2D eigenvalue weighted by molar-refractivity contribution is 6.35. The molecule has 0 saturated heterocycles. The second-order valence-corrected chi connectivity index (χ2v) is 4.07. The molecule has 2 rings (SSSR count). The number of nitrogens with zero attached hydrogens (tertiary/aromatic N) is 1. The van der Waals surface area contributed by atoms with Crippen LogP contribution >= 0.6 is 11.6 Å². The Morgan fingerprint density at radius 3 is 2.44 bits per heavy atom. The lowest BCUT2D eigenvalue weighted by Crippen LogP contribution is -2.41. The minimum absolute atomic E-state index is 0.0941. The van der Waals surface area contributed by atoms with Crippen molar-refractivity contribution in [3.63, 3.8) is 0 Å². The lowest BCUT2D eigenvalue weighted by molar-refractivity contribution is -0.746. The first kappa shape index (κ1) is 12.8. The van der Waals surface area contributed by atoms with Crippen LogP contribution in [0.15, 0.2) is 24.3 Å². The molecule has 1 heterocycles. The summed E-state index contributed by atoms with van der Waals surface area (Å²) >= 11 is 5.96. The SMILES string of the molecule is Nc1[nH][n+](CC(F)F)c(-c2ccc(F)cc2)c1Cl. The largest absolute Gasteiger partial charge is 0.380 e. The molecule has 0 amide bonds. The summed E-state index contributed by atoms with van der Waals surface area (Å²) in [5.41, 5.74) is 6.38. The number of nitrogens with one attached hydrogen (secondary N) is 1. The Hall–Kier alpha value is -1.69. The van der Waals surface area contributed by atoms with Crippen LogP contribution in [0.5, 0.6) is 0 Å². The zero-order valence-corrected chi connectivity index (χ0v) is 9.89. The fourth-order valence-electron chi connectivity index (χ4n) is 1.66. The molecule has 3 N–H and O–H groups in total. The molecule has 1 aromatic heterocycles. The second-order valence-electron chi connectivity index (χ2n) is 3.70. The molecule has 2 aromatic rings. The van der Waals surface area contributed by atoms with Gasteiger partial charge in [0.05, 0.1) is 5.56 Å². The Morgan fingerprint density at radius 1 is 1.28 bits per heavy atom. The van der Waals surface area contributed by atoms with Gasteiger partial charge in [0.2, 0.25) is 6.54 Å². The number of H-pyrrole nitrogens is 1. The van der Waals surface area contributed by atoms with E-state index in [1.54, 1.807) is 0 Å². The average molecular weight is 277 g/mol. The van der Waals surface area contributed by atoms with E-state index in [4.69, 9.17) is 17.3 Å². The Morgan fingerprint density at radius 2 is 1.89 bits per heavy atom. The summed E-state index contributed by atoms with van der Waals surface area (Å²) in [5.74, 6) is -0.324. The molecule has 3 nitrogen and oxygen atoms in total. The van der Waals surface area contributed by atoms with Crippen molar-refractivity contribution in [3.8, 4) is 11.3 Å². The van der Waals surface area contributed by atoms with E-state index in [1.165, 1.54) is 24.3 Å². The van der Waals surface area contributed by atoms with E-state index in [1.807, 2.05) is 0 Å². The van der Waals surface area contributed by atoms with Crippen molar-refractivity contribution in [3.05, 3.63) is 35.1 Å². The summed E-state index contributed by atoms with van der Waals surface area (Å²) in [7, 11) is 0. The summed E-state index contributed by atoms with van der Waals surface area (Å²) in [6, 6.07) is 5.35. The number of nitrogens with two attached hydrogens (primary N) is 1. The minimum atomic E-state index is -2.55. The van der Waals surface area contributed by atoms with Gasteiger partial charge in [-0.25, -0.2) is 13.2 Å². The average Bonchev–Trinajstić information content (AvgIpc) is 2.55. The van der Waals surface area contributed by atoms with Crippen molar-refractivity contribution in [2.24, 2.45) is 0 Å². The molecule has 0 aliphatic rings. The third kappa shape index (κ3) is 2.43. The van der Waals surface area contributed by atoms with Crippen LogP contribution in [0.3, 0.4) is 0 Å². The number of nitrogen functional groups attached to an aromatic ring is 1. The normalized spacial score (nSPS) is 11.2. The highest BCUT2D eigenvalue weighted by Crippen LogP contribution is 2.28. The van der Waals surface area contributed by atoms with E-state index in [-0.39, 0.29) is 10.8 Å². The maximum atomic E-state index is 12.8. The summed E-state index contributed by atoms with van der Waals surface area (Å²) in [6.45, 7) is -0.566. The van der Waals surface area contributed by atoms with Gasteiger partial charge in [-0.2, -0.15) is 0 Å². The first-order valence-corrected chi connectivity index (χ1v) is 5.47. The van der Waals surface area contributed by atoms with Crippen LogP contribution in [0.2, 0.25) is 5.02 Å². The number of aromatic nitrogens is 2. The van der Waals surface area contributed by atoms with E-state index in [2.05, 4.69) is 5.10 Å². The van der Waals surface area contributed by atoms with Gasteiger partial charge < -0.3 is 5.73 Å². The lowest BCUT2D eigenvalue weighted by atomic mass is 10.1. The third-order valence-corrected chi connectivity index (χ3v) is 2.79. The zero-order chi connectivity index (χ0) is 13.3. The Balaban J connectivity index is 2.51. The molecule has 0 atom stereocenters. The van der Waals surface area contributed by atoms with Gasteiger partial charge in [-0.05, 0) is 24.3 Å². The van der Waals surface area contributed by atoms with E-state index in [0.29, 0.717) is 11.3 Å². The van der Waals surface area contributed by atoms with Gasteiger partial charge in [-0.3, -0.25) is 0 Å². The molecule has 1 aromatic carbocycles. The van der Waals surface area contributed by atoms with Crippen LogP contribution in [0.1, 0.15) is 0 Å². The summed E-state index contributed by atoms with van der Waals surface area (Å²) in [4.78, 5) is 0. The molecule has 0 aliphatic carbocycles. The quantitative estimate of drug-likeness (QED) is 0.832. The molecule has 0 spiro atoms. The van der Waals surface area contributed by atoms with Crippen LogP contribution in [-0.4, -0.2) is 11.5 Å².